The molecular weight excluding hydrogens is 627 g/mol. The Morgan fingerprint density at radius 3 is 1.90 bits per heavy atom. The molecule has 0 bridgehead atoms. The quantitative estimate of drug-likeness (QED) is 0.122. The third-order valence-corrected chi connectivity index (χ3v) is 9.73. The van der Waals surface area contributed by atoms with Crippen LogP contribution >= 0.6 is 0 Å². The van der Waals surface area contributed by atoms with Gasteiger partial charge in [0, 0.05) is 35.8 Å². The van der Waals surface area contributed by atoms with Gasteiger partial charge < -0.3 is 9.32 Å². The molecule has 8 rings (SSSR count). The van der Waals surface area contributed by atoms with Gasteiger partial charge in [-0.25, -0.2) is 4.68 Å². The van der Waals surface area contributed by atoms with Crippen molar-refractivity contribution in [1.29, 1.82) is 0 Å². The van der Waals surface area contributed by atoms with Crippen LogP contribution in [0.1, 0.15) is 42.0 Å². The molecule has 0 saturated carbocycles. The van der Waals surface area contributed by atoms with E-state index in [1.807, 2.05) is 16.8 Å². The van der Waals surface area contributed by atoms with E-state index in [1.54, 1.807) is 6.26 Å². The van der Waals surface area contributed by atoms with E-state index in [4.69, 9.17) is 14.7 Å². The maximum atomic E-state index is 5.80. The molecule has 2 heterocycles. The highest BCUT2D eigenvalue weighted by molar-refractivity contribution is 5.83. The summed E-state index contributed by atoms with van der Waals surface area (Å²) in [4.78, 5) is 2.44. The lowest BCUT2D eigenvalue weighted by molar-refractivity contribution is 0.451. The second kappa shape index (κ2) is 14.3. The number of aromatic nitrogens is 4. The van der Waals surface area contributed by atoms with Crippen molar-refractivity contribution in [3.05, 3.63) is 192 Å². The predicted octanol–water partition coefficient (Wildman–Crippen LogP) is 10.4. The number of rotatable bonds is 12. The van der Waals surface area contributed by atoms with Gasteiger partial charge in [0.15, 0.2) is 5.82 Å². The van der Waals surface area contributed by atoms with Crippen molar-refractivity contribution in [2.75, 3.05) is 11.4 Å². The second-order valence-electron chi connectivity index (χ2n) is 12.9. The van der Waals surface area contributed by atoms with Crippen LogP contribution < -0.4 is 4.90 Å². The molecule has 0 saturated heterocycles. The van der Waals surface area contributed by atoms with E-state index in [2.05, 4.69) is 169 Å². The molecule has 250 valence electrons. The Labute approximate surface area is 298 Å². The van der Waals surface area contributed by atoms with Crippen LogP contribution in [0.4, 0.5) is 5.69 Å². The molecule has 6 heteroatoms. The smallest absolute Gasteiger partial charge is 0.184 e. The molecule has 0 N–H and O–H groups in total. The maximum absolute atomic E-state index is 5.80. The minimum Gasteiger partial charge on any atom is -0.464 e. The van der Waals surface area contributed by atoms with Crippen LogP contribution in [0.3, 0.4) is 0 Å². The lowest BCUT2D eigenvalue weighted by Crippen LogP contribution is -2.39. The van der Waals surface area contributed by atoms with Gasteiger partial charge in [-0.15, -0.1) is 5.10 Å². The maximum Gasteiger partial charge on any atom is 0.184 e. The lowest BCUT2D eigenvalue weighted by atomic mass is 9.77. The molecule has 0 fully saturated rings. The summed E-state index contributed by atoms with van der Waals surface area (Å²) in [6, 6.07) is 57.4. The van der Waals surface area contributed by atoms with Gasteiger partial charge in [0.05, 0.1) is 6.26 Å². The molecule has 0 aliphatic carbocycles. The Hall–Kier alpha value is -6.27. The number of furan rings is 1. The fourth-order valence-corrected chi connectivity index (χ4v) is 7.24. The van der Waals surface area contributed by atoms with E-state index in [-0.39, 0.29) is 0 Å². The van der Waals surface area contributed by atoms with Crippen molar-refractivity contribution >= 4 is 16.7 Å². The molecule has 0 amide bonds. The minimum atomic E-state index is -0.863. The number of anilines is 1. The summed E-state index contributed by atoms with van der Waals surface area (Å²) >= 11 is 0. The summed E-state index contributed by atoms with van der Waals surface area (Å²) in [5.41, 5.74) is 8.66. The summed E-state index contributed by atoms with van der Waals surface area (Å²) in [5, 5.41) is 15.2. The van der Waals surface area contributed by atoms with Crippen LogP contribution in [0.15, 0.2) is 174 Å². The molecule has 2 aromatic heterocycles. The highest BCUT2D eigenvalue weighted by atomic mass is 16.3. The summed E-state index contributed by atoms with van der Waals surface area (Å²) in [6.07, 6.45) is 3.94. The van der Waals surface area contributed by atoms with Gasteiger partial charge in [0.25, 0.3) is 0 Å². The first-order valence-corrected chi connectivity index (χ1v) is 17.6. The van der Waals surface area contributed by atoms with Crippen molar-refractivity contribution in [1.82, 2.24) is 20.2 Å². The fraction of sp³-hybridized carbons (Fsp3) is 0.133. The van der Waals surface area contributed by atoms with Crippen LogP contribution in [0, 0.1) is 0 Å². The highest BCUT2D eigenvalue weighted by Gasteiger charge is 2.42. The van der Waals surface area contributed by atoms with Crippen LogP contribution in [-0.4, -0.2) is 26.8 Å². The number of hydrogen-bond donors (Lipinski definition) is 0. The Balaban J connectivity index is 1.34. The minimum absolute atomic E-state index is 0.685. The van der Waals surface area contributed by atoms with Gasteiger partial charge in [0.2, 0.25) is 0 Å². The van der Waals surface area contributed by atoms with Crippen LogP contribution in [-0.2, 0) is 12.1 Å². The molecule has 6 nitrogen and oxygen atoms in total. The summed E-state index contributed by atoms with van der Waals surface area (Å²) in [5.74, 6) is 0.685. The predicted molar refractivity (Wildman–Crippen MR) is 205 cm³/mol. The van der Waals surface area contributed by atoms with Gasteiger partial charge >= 0.3 is 0 Å². The number of hydrogen-bond acceptors (Lipinski definition) is 5. The zero-order valence-corrected chi connectivity index (χ0v) is 28.6. The van der Waals surface area contributed by atoms with Gasteiger partial charge in [-0.1, -0.05) is 147 Å². The molecule has 0 radical (unpaired) electrons. The van der Waals surface area contributed by atoms with Gasteiger partial charge in [-0.05, 0) is 74.5 Å². The standard InChI is InChI=1S/C45H39N5O/c1-2-3-29-49(40-26-25-36-28-30-51-43(36)32-40)33-34-24-27-41(35-16-8-4-9-17-35)42(31-34)44-46-47-48-50(44)45(37-18-10-5-11-19-37,38-20-12-6-13-21-38)39-22-14-7-15-23-39/h4-28,30-32H,2-3,29,33H2,1H3. The Morgan fingerprint density at radius 2 is 1.27 bits per heavy atom. The van der Waals surface area contributed by atoms with Crippen molar-refractivity contribution in [2.45, 2.75) is 31.8 Å². The third-order valence-electron chi connectivity index (χ3n) is 9.73. The summed E-state index contributed by atoms with van der Waals surface area (Å²) in [7, 11) is 0. The fourth-order valence-electron chi connectivity index (χ4n) is 7.24. The number of nitrogens with zero attached hydrogens (tertiary/aromatic N) is 5. The zero-order valence-electron chi connectivity index (χ0n) is 28.6. The number of benzene rings is 6. The third kappa shape index (κ3) is 6.10. The van der Waals surface area contributed by atoms with Crippen molar-refractivity contribution in [2.24, 2.45) is 0 Å². The highest BCUT2D eigenvalue weighted by Crippen LogP contribution is 2.43. The second-order valence-corrected chi connectivity index (χ2v) is 12.9. The Morgan fingerprint density at radius 1 is 0.647 bits per heavy atom. The van der Waals surface area contributed by atoms with Crippen molar-refractivity contribution < 1.29 is 4.42 Å². The molecule has 0 aliphatic rings. The molecule has 0 spiro atoms. The topological polar surface area (TPSA) is 60.0 Å². The molecule has 0 aliphatic heterocycles. The lowest BCUT2D eigenvalue weighted by Gasteiger charge is -2.36. The Bertz CT molecular complexity index is 2240. The molecule has 0 atom stereocenters. The van der Waals surface area contributed by atoms with Crippen LogP contribution in [0.5, 0.6) is 0 Å². The van der Waals surface area contributed by atoms with Gasteiger partial charge in [-0.2, -0.15) is 0 Å². The van der Waals surface area contributed by atoms with Gasteiger partial charge in [-0.3, -0.25) is 0 Å². The van der Waals surface area contributed by atoms with E-state index in [0.29, 0.717) is 5.82 Å². The first kappa shape index (κ1) is 32.0. The number of tetrazole rings is 1. The average Bonchev–Trinajstić information content (AvgIpc) is 3.89. The van der Waals surface area contributed by atoms with E-state index in [0.717, 1.165) is 76.0 Å². The zero-order chi connectivity index (χ0) is 34.5. The van der Waals surface area contributed by atoms with E-state index in [9.17, 15) is 0 Å². The number of fused-ring (bicyclic) bond motifs is 1. The van der Waals surface area contributed by atoms with Crippen molar-refractivity contribution in [3.63, 3.8) is 0 Å². The van der Waals surface area contributed by atoms with Crippen LogP contribution in [0.25, 0.3) is 33.5 Å². The monoisotopic (exact) mass is 665 g/mol. The normalized spacial score (nSPS) is 11.5. The molecule has 0 unspecified atom stereocenters. The molecule has 6 aromatic carbocycles. The molecule has 51 heavy (non-hydrogen) atoms. The first-order chi connectivity index (χ1) is 25.3. The SMILES string of the molecule is CCCCN(Cc1ccc(-c2ccccc2)c(-c2nnnn2C(c2ccccc2)(c2ccccc2)c2ccccc2)c1)c1ccc2ccoc2c1. The number of unbranched alkanes of at least 4 members (excludes halogenated alkanes) is 1. The average molecular weight is 666 g/mol. The first-order valence-electron chi connectivity index (χ1n) is 17.6. The molecular formula is C45H39N5O. The van der Waals surface area contributed by atoms with Crippen molar-refractivity contribution in [3.8, 4) is 22.5 Å². The largest absolute Gasteiger partial charge is 0.464 e. The Kier molecular flexibility index (Phi) is 8.96. The van der Waals surface area contributed by atoms with Gasteiger partial charge in [0.1, 0.15) is 11.1 Å². The van der Waals surface area contributed by atoms with E-state index < -0.39 is 5.54 Å². The molecule has 8 aromatic rings. The summed E-state index contributed by atoms with van der Waals surface area (Å²) in [6.45, 7) is 3.88. The van der Waals surface area contributed by atoms with Crippen LogP contribution in [0.2, 0.25) is 0 Å². The summed E-state index contributed by atoms with van der Waals surface area (Å²) < 4.78 is 7.83. The van der Waals surface area contributed by atoms with E-state index in [1.165, 1.54) is 5.56 Å². The van der Waals surface area contributed by atoms with E-state index >= 15 is 0 Å².